The molecule has 1 aliphatic heterocycles. The third-order valence-electron chi connectivity index (χ3n) is 7.31. The minimum absolute atomic E-state index is 0.0729. The van der Waals surface area contributed by atoms with Crippen LogP contribution in [0.25, 0.3) is 0 Å². The molecule has 8 heteroatoms. The fourth-order valence-electron chi connectivity index (χ4n) is 5.21. The summed E-state index contributed by atoms with van der Waals surface area (Å²) in [4.78, 5) is 17.9. The molecule has 206 valence electrons. The summed E-state index contributed by atoms with van der Waals surface area (Å²) in [5.41, 5.74) is 3.52. The minimum atomic E-state index is -4.01. The number of halogens is 1. The maximum atomic E-state index is 13.8. The fraction of sp³-hybridized carbons (Fsp3) is 0.219. The van der Waals surface area contributed by atoms with Crippen molar-refractivity contribution in [3.63, 3.8) is 0 Å². The van der Waals surface area contributed by atoms with Gasteiger partial charge in [0, 0.05) is 31.2 Å². The molecule has 1 fully saturated rings. The smallest absolute Gasteiger partial charge is 0.264 e. The second kappa shape index (κ2) is 12.3. The number of carbonyl (C=O) groups is 1. The van der Waals surface area contributed by atoms with Gasteiger partial charge in [-0.3, -0.25) is 14.0 Å². The zero-order valence-corrected chi connectivity index (χ0v) is 23.9. The molecule has 0 spiro atoms. The molecule has 5 rings (SSSR count). The standard InChI is InChI=1S/C32H32ClN3O3S/c1-25-17-18-28(33)23-30(25)36(40(38,39)29-15-9-4-10-16-29)24-31(37)34-19-21-35(22-20-34)32(26-11-5-2-6-12-26)27-13-7-3-8-14-27/h2-18,23,32H,19-22,24H2,1H3. The molecule has 4 aromatic rings. The van der Waals surface area contributed by atoms with Crippen LogP contribution >= 0.6 is 11.6 Å². The van der Waals surface area contributed by atoms with Crippen LogP contribution in [0, 0.1) is 6.92 Å². The van der Waals surface area contributed by atoms with E-state index in [1.54, 1.807) is 53.4 Å². The zero-order valence-electron chi connectivity index (χ0n) is 22.4. The first-order valence-electron chi connectivity index (χ1n) is 13.3. The first-order chi connectivity index (χ1) is 19.3. The molecule has 4 aromatic carbocycles. The lowest BCUT2D eigenvalue weighted by Gasteiger charge is -2.40. The number of carbonyl (C=O) groups excluding carboxylic acids is 1. The van der Waals surface area contributed by atoms with E-state index in [2.05, 4.69) is 29.2 Å². The van der Waals surface area contributed by atoms with Gasteiger partial charge in [-0.2, -0.15) is 0 Å². The number of sulfonamides is 1. The summed E-state index contributed by atoms with van der Waals surface area (Å²) in [6.45, 7) is 3.85. The van der Waals surface area contributed by atoms with Crippen molar-refractivity contribution in [3.8, 4) is 0 Å². The van der Waals surface area contributed by atoms with Crippen molar-refractivity contribution in [3.05, 3.63) is 131 Å². The summed E-state index contributed by atoms with van der Waals surface area (Å²) in [5.74, 6) is -0.241. The Kier molecular flexibility index (Phi) is 8.54. The average molecular weight is 574 g/mol. The SMILES string of the molecule is Cc1ccc(Cl)cc1N(CC(=O)N1CCN(C(c2ccccc2)c2ccccc2)CC1)S(=O)(=O)c1ccccc1. The molecule has 40 heavy (non-hydrogen) atoms. The molecule has 1 amide bonds. The number of benzene rings is 4. The van der Waals surface area contributed by atoms with Gasteiger partial charge in [0.05, 0.1) is 16.6 Å². The van der Waals surface area contributed by atoms with E-state index in [1.807, 2.05) is 43.3 Å². The van der Waals surface area contributed by atoms with E-state index < -0.39 is 10.0 Å². The van der Waals surface area contributed by atoms with Gasteiger partial charge in [0.2, 0.25) is 5.91 Å². The second-order valence-corrected chi connectivity index (χ2v) is 12.2. The van der Waals surface area contributed by atoms with E-state index in [-0.39, 0.29) is 23.4 Å². The fourth-order valence-corrected chi connectivity index (χ4v) is 6.87. The van der Waals surface area contributed by atoms with E-state index in [4.69, 9.17) is 11.6 Å². The molecule has 0 bridgehead atoms. The third-order valence-corrected chi connectivity index (χ3v) is 9.32. The van der Waals surface area contributed by atoms with Gasteiger partial charge in [0.25, 0.3) is 10.0 Å². The normalized spacial score (nSPS) is 14.3. The van der Waals surface area contributed by atoms with Crippen LogP contribution in [0.3, 0.4) is 0 Å². The van der Waals surface area contributed by atoms with Gasteiger partial charge in [0.15, 0.2) is 0 Å². The summed E-state index contributed by atoms with van der Waals surface area (Å²) in [7, 11) is -4.01. The molecule has 0 atom stereocenters. The Labute approximate surface area is 241 Å². The molecule has 0 aromatic heterocycles. The van der Waals surface area contributed by atoms with Gasteiger partial charge in [-0.1, -0.05) is 96.5 Å². The van der Waals surface area contributed by atoms with Crippen molar-refractivity contribution in [1.82, 2.24) is 9.80 Å². The topological polar surface area (TPSA) is 60.9 Å². The number of hydrogen-bond acceptors (Lipinski definition) is 4. The molecular weight excluding hydrogens is 542 g/mol. The Hall–Kier alpha value is -3.65. The molecule has 0 unspecified atom stereocenters. The van der Waals surface area contributed by atoms with Gasteiger partial charge in [-0.15, -0.1) is 0 Å². The summed E-state index contributed by atoms with van der Waals surface area (Å²) in [6, 6.07) is 34.1. The lowest BCUT2D eigenvalue weighted by atomic mass is 9.96. The number of hydrogen-bond donors (Lipinski definition) is 0. The second-order valence-electron chi connectivity index (χ2n) is 9.90. The molecule has 0 saturated carbocycles. The maximum Gasteiger partial charge on any atom is 0.264 e. The molecule has 0 radical (unpaired) electrons. The van der Waals surface area contributed by atoms with Crippen molar-refractivity contribution < 1.29 is 13.2 Å². The van der Waals surface area contributed by atoms with Crippen molar-refractivity contribution >= 4 is 33.2 Å². The monoisotopic (exact) mass is 573 g/mol. The Morgan fingerprint density at radius 2 is 1.32 bits per heavy atom. The van der Waals surface area contributed by atoms with E-state index in [0.29, 0.717) is 36.9 Å². The highest BCUT2D eigenvalue weighted by Crippen LogP contribution is 2.31. The van der Waals surface area contributed by atoms with Crippen LogP contribution in [0.4, 0.5) is 5.69 Å². The number of nitrogens with zero attached hydrogens (tertiary/aromatic N) is 3. The minimum Gasteiger partial charge on any atom is -0.339 e. The number of rotatable bonds is 8. The quantitative estimate of drug-likeness (QED) is 0.268. The van der Waals surface area contributed by atoms with Gasteiger partial charge < -0.3 is 4.90 Å². The van der Waals surface area contributed by atoms with Gasteiger partial charge in [-0.25, -0.2) is 8.42 Å². The van der Waals surface area contributed by atoms with E-state index in [1.165, 1.54) is 15.4 Å². The Morgan fingerprint density at radius 1 is 0.800 bits per heavy atom. The molecule has 0 aliphatic carbocycles. The Balaban J connectivity index is 1.37. The van der Waals surface area contributed by atoms with Crippen molar-refractivity contribution in [2.45, 2.75) is 17.9 Å². The first-order valence-corrected chi connectivity index (χ1v) is 15.1. The number of aryl methyl sites for hydroxylation is 1. The summed E-state index contributed by atoms with van der Waals surface area (Å²) in [5, 5.41) is 0.405. The average Bonchev–Trinajstić information content (AvgIpc) is 2.99. The number of anilines is 1. The Morgan fingerprint density at radius 3 is 1.88 bits per heavy atom. The van der Waals surface area contributed by atoms with Crippen LogP contribution in [-0.2, 0) is 14.8 Å². The lowest BCUT2D eigenvalue weighted by Crippen LogP contribution is -2.52. The van der Waals surface area contributed by atoms with Crippen molar-refractivity contribution in [2.75, 3.05) is 37.0 Å². The highest BCUT2D eigenvalue weighted by molar-refractivity contribution is 7.92. The summed E-state index contributed by atoms with van der Waals surface area (Å²) >= 11 is 6.27. The summed E-state index contributed by atoms with van der Waals surface area (Å²) < 4.78 is 28.7. The van der Waals surface area contributed by atoms with Gasteiger partial charge in [0.1, 0.15) is 6.54 Å². The molecule has 1 saturated heterocycles. The molecular formula is C32H32ClN3O3S. The van der Waals surface area contributed by atoms with Crippen LogP contribution in [-0.4, -0.2) is 56.8 Å². The summed E-state index contributed by atoms with van der Waals surface area (Å²) in [6.07, 6.45) is 0. The van der Waals surface area contributed by atoms with E-state index in [9.17, 15) is 13.2 Å². The zero-order chi connectivity index (χ0) is 28.1. The third kappa shape index (κ3) is 6.07. The van der Waals surface area contributed by atoms with E-state index in [0.717, 1.165) is 5.56 Å². The van der Waals surface area contributed by atoms with Crippen LogP contribution in [0.1, 0.15) is 22.7 Å². The largest absolute Gasteiger partial charge is 0.339 e. The molecule has 1 aliphatic rings. The number of piperazine rings is 1. The van der Waals surface area contributed by atoms with Crippen LogP contribution in [0.2, 0.25) is 5.02 Å². The maximum absolute atomic E-state index is 13.8. The van der Waals surface area contributed by atoms with Crippen molar-refractivity contribution in [2.24, 2.45) is 0 Å². The Bertz CT molecular complexity index is 1500. The predicted octanol–water partition coefficient (Wildman–Crippen LogP) is 5.78. The molecule has 1 heterocycles. The molecule has 0 N–H and O–H groups in total. The lowest BCUT2D eigenvalue weighted by molar-refractivity contribution is -0.131. The van der Waals surface area contributed by atoms with Crippen LogP contribution in [0.15, 0.2) is 114 Å². The highest BCUT2D eigenvalue weighted by Gasteiger charge is 2.32. The van der Waals surface area contributed by atoms with Crippen LogP contribution < -0.4 is 4.31 Å². The highest BCUT2D eigenvalue weighted by atomic mass is 35.5. The van der Waals surface area contributed by atoms with Crippen molar-refractivity contribution in [1.29, 1.82) is 0 Å². The van der Waals surface area contributed by atoms with Gasteiger partial charge in [-0.05, 0) is 47.9 Å². The predicted molar refractivity (Wildman–Crippen MR) is 160 cm³/mol. The molecule has 6 nitrogen and oxygen atoms in total. The number of amides is 1. The van der Waals surface area contributed by atoms with Crippen LogP contribution in [0.5, 0.6) is 0 Å². The van der Waals surface area contributed by atoms with Gasteiger partial charge >= 0.3 is 0 Å². The first kappa shape index (κ1) is 27.9. The van der Waals surface area contributed by atoms with E-state index >= 15 is 0 Å².